The molecule has 0 fully saturated rings. The molecule has 5 heteroatoms. The Hall–Kier alpha value is -1.39. The van der Waals surface area contributed by atoms with Gasteiger partial charge < -0.3 is 10.1 Å². The van der Waals surface area contributed by atoms with Crippen LogP contribution < -0.4 is 10.1 Å². The molecule has 1 atom stereocenters. The van der Waals surface area contributed by atoms with Gasteiger partial charge >= 0.3 is 0 Å². The maximum atomic E-state index is 13.5. The maximum absolute atomic E-state index is 13.5. The van der Waals surface area contributed by atoms with E-state index >= 15 is 0 Å². The van der Waals surface area contributed by atoms with Crippen molar-refractivity contribution in [2.24, 2.45) is 5.92 Å². The van der Waals surface area contributed by atoms with E-state index in [9.17, 15) is 8.78 Å². The Kier molecular flexibility index (Phi) is 5.31. The Morgan fingerprint density at radius 3 is 2.50 bits per heavy atom. The summed E-state index contributed by atoms with van der Waals surface area (Å²) in [5.74, 6) is -1.38. The summed E-state index contributed by atoms with van der Waals surface area (Å²) in [6.45, 7) is 8.28. The molecule has 0 bridgehead atoms. The summed E-state index contributed by atoms with van der Waals surface area (Å²) >= 11 is 0. The highest BCUT2D eigenvalue weighted by Crippen LogP contribution is 2.23. The van der Waals surface area contributed by atoms with E-state index in [-0.39, 0.29) is 23.7 Å². The Balaban J connectivity index is 2.90. The van der Waals surface area contributed by atoms with Crippen molar-refractivity contribution in [3.63, 3.8) is 0 Å². The summed E-state index contributed by atoms with van der Waals surface area (Å²) in [5, 5.41) is 2.80. The van der Waals surface area contributed by atoms with Crippen LogP contribution in [-0.2, 0) is 0 Å². The molecule has 0 aliphatic rings. The van der Waals surface area contributed by atoms with Crippen LogP contribution in [0.1, 0.15) is 34.1 Å². The van der Waals surface area contributed by atoms with Gasteiger partial charge in [0.05, 0.1) is 0 Å². The van der Waals surface area contributed by atoms with E-state index in [0.29, 0.717) is 6.54 Å². The molecule has 0 aliphatic carbocycles. The molecular weight excluding hydrogens is 238 g/mol. The highest BCUT2D eigenvalue weighted by atomic mass is 19.1. The fraction of sp³-hybridized carbons (Fsp3) is 0.615. The first-order valence-electron chi connectivity index (χ1n) is 6.22. The number of halogens is 2. The van der Waals surface area contributed by atoms with Gasteiger partial charge in [-0.25, -0.2) is 8.78 Å². The fourth-order valence-electron chi connectivity index (χ4n) is 1.21. The third-order valence-electron chi connectivity index (χ3n) is 2.68. The van der Waals surface area contributed by atoms with Crippen molar-refractivity contribution in [1.29, 1.82) is 0 Å². The number of hydrogen-bond acceptors (Lipinski definition) is 3. The van der Waals surface area contributed by atoms with Crippen molar-refractivity contribution in [2.45, 2.75) is 40.2 Å². The Labute approximate surface area is 107 Å². The molecule has 1 aromatic rings. The molecule has 18 heavy (non-hydrogen) atoms. The first-order valence-corrected chi connectivity index (χ1v) is 6.22. The average molecular weight is 258 g/mol. The molecular formula is C13H20F2N2O. The topological polar surface area (TPSA) is 34.2 Å². The van der Waals surface area contributed by atoms with Gasteiger partial charge in [-0.2, -0.15) is 4.98 Å². The van der Waals surface area contributed by atoms with Crippen molar-refractivity contribution in [3.05, 3.63) is 17.7 Å². The minimum Gasteiger partial charge on any atom is -0.472 e. The molecule has 102 valence electrons. The van der Waals surface area contributed by atoms with E-state index in [1.807, 2.05) is 27.7 Å². The number of hydrogen-bond donors (Lipinski definition) is 1. The summed E-state index contributed by atoms with van der Waals surface area (Å²) in [4.78, 5) is 3.85. The fourth-order valence-corrected chi connectivity index (χ4v) is 1.21. The molecule has 0 spiro atoms. The Morgan fingerprint density at radius 2 is 1.94 bits per heavy atom. The molecule has 0 radical (unpaired) electrons. The van der Waals surface area contributed by atoms with Crippen LogP contribution >= 0.6 is 0 Å². The molecule has 0 aliphatic heterocycles. The molecule has 1 rings (SSSR count). The predicted octanol–water partition coefficient (Wildman–Crippen LogP) is 3.61. The van der Waals surface area contributed by atoms with E-state index in [1.54, 1.807) is 0 Å². The molecule has 0 aromatic carbocycles. The summed E-state index contributed by atoms with van der Waals surface area (Å²) in [5.41, 5.74) is 0. The van der Waals surface area contributed by atoms with Gasteiger partial charge in [0.25, 0.3) is 5.88 Å². The number of rotatable bonds is 6. The number of ether oxygens (including phenoxy) is 1. The lowest BCUT2D eigenvalue weighted by Gasteiger charge is -2.18. The molecule has 1 N–H and O–H groups in total. The second-order valence-corrected chi connectivity index (χ2v) is 4.60. The highest BCUT2D eigenvalue weighted by molar-refractivity contribution is 5.39. The lowest BCUT2D eigenvalue weighted by Crippen LogP contribution is -2.20. The quantitative estimate of drug-likeness (QED) is 0.846. The van der Waals surface area contributed by atoms with Gasteiger partial charge in [-0.1, -0.05) is 20.8 Å². The standard InChI is InChI=1S/C13H20F2N2O/c1-5-6-16-12-10(14)7-11(15)13(17-12)18-9(4)8(2)3/h7-9H,5-6H2,1-4H3,(H,16,17). The molecule has 1 heterocycles. The van der Waals surface area contributed by atoms with Crippen LogP contribution in [0.5, 0.6) is 5.88 Å². The minimum absolute atomic E-state index is 0.0317. The van der Waals surface area contributed by atoms with Crippen molar-refractivity contribution in [1.82, 2.24) is 4.98 Å². The number of aromatic nitrogens is 1. The molecule has 0 saturated carbocycles. The average Bonchev–Trinajstić information content (AvgIpc) is 2.30. The summed E-state index contributed by atoms with van der Waals surface area (Å²) in [6, 6.07) is 0.799. The van der Waals surface area contributed by atoms with E-state index in [0.717, 1.165) is 12.5 Å². The third kappa shape index (κ3) is 3.82. The largest absolute Gasteiger partial charge is 0.472 e. The van der Waals surface area contributed by atoms with Gasteiger partial charge in [-0.3, -0.25) is 0 Å². The SMILES string of the molecule is CCCNc1nc(OC(C)C(C)C)c(F)cc1F. The van der Waals surface area contributed by atoms with Crippen LogP contribution in [-0.4, -0.2) is 17.6 Å². The number of pyridine rings is 1. The molecule has 1 aromatic heterocycles. The summed E-state index contributed by atoms with van der Waals surface area (Å²) in [7, 11) is 0. The zero-order valence-corrected chi connectivity index (χ0v) is 11.3. The van der Waals surface area contributed by atoms with Crippen molar-refractivity contribution < 1.29 is 13.5 Å². The molecule has 0 amide bonds. The van der Waals surface area contributed by atoms with E-state index in [1.165, 1.54) is 0 Å². The van der Waals surface area contributed by atoms with Crippen LogP contribution in [0.3, 0.4) is 0 Å². The zero-order chi connectivity index (χ0) is 13.7. The first-order chi connectivity index (χ1) is 8.45. The Bertz CT molecular complexity index is 397. The lowest BCUT2D eigenvalue weighted by molar-refractivity contribution is 0.155. The van der Waals surface area contributed by atoms with E-state index in [2.05, 4.69) is 10.3 Å². The second-order valence-electron chi connectivity index (χ2n) is 4.60. The zero-order valence-electron chi connectivity index (χ0n) is 11.3. The van der Waals surface area contributed by atoms with Gasteiger partial charge in [0.1, 0.15) is 6.10 Å². The smallest absolute Gasteiger partial charge is 0.252 e. The van der Waals surface area contributed by atoms with E-state index < -0.39 is 11.6 Å². The monoisotopic (exact) mass is 258 g/mol. The first kappa shape index (κ1) is 14.7. The van der Waals surface area contributed by atoms with Gasteiger partial charge in [0, 0.05) is 12.6 Å². The molecule has 1 unspecified atom stereocenters. The van der Waals surface area contributed by atoms with Gasteiger partial charge in [-0.15, -0.1) is 0 Å². The second kappa shape index (κ2) is 6.52. The van der Waals surface area contributed by atoms with Crippen LogP contribution in [0.4, 0.5) is 14.6 Å². The normalized spacial score (nSPS) is 12.6. The molecule has 0 saturated heterocycles. The summed E-state index contributed by atoms with van der Waals surface area (Å²) < 4.78 is 32.3. The van der Waals surface area contributed by atoms with Gasteiger partial charge in [0.15, 0.2) is 17.5 Å². The Morgan fingerprint density at radius 1 is 1.28 bits per heavy atom. The van der Waals surface area contributed by atoms with Crippen LogP contribution in [0.2, 0.25) is 0 Å². The van der Waals surface area contributed by atoms with E-state index in [4.69, 9.17) is 4.74 Å². The molecule has 3 nitrogen and oxygen atoms in total. The number of anilines is 1. The number of nitrogens with one attached hydrogen (secondary N) is 1. The van der Waals surface area contributed by atoms with Crippen LogP contribution in [0.15, 0.2) is 6.07 Å². The summed E-state index contributed by atoms with van der Waals surface area (Å²) in [6.07, 6.45) is 0.647. The third-order valence-corrected chi connectivity index (χ3v) is 2.68. The number of nitrogens with zero attached hydrogens (tertiary/aromatic N) is 1. The van der Waals surface area contributed by atoms with Crippen LogP contribution in [0.25, 0.3) is 0 Å². The minimum atomic E-state index is -0.776. The predicted molar refractivity (Wildman–Crippen MR) is 67.9 cm³/mol. The van der Waals surface area contributed by atoms with Gasteiger partial charge in [-0.05, 0) is 19.3 Å². The highest BCUT2D eigenvalue weighted by Gasteiger charge is 2.16. The van der Waals surface area contributed by atoms with Gasteiger partial charge in [0.2, 0.25) is 0 Å². The van der Waals surface area contributed by atoms with Crippen LogP contribution in [0, 0.1) is 17.6 Å². The van der Waals surface area contributed by atoms with Crippen molar-refractivity contribution in [2.75, 3.05) is 11.9 Å². The van der Waals surface area contributed by atoms with Crippen molar-refractivity contribution in [3.8, 4) is 5.88 Å². The lowest BCUT2D eigenvalue weighted by atomic mass is 10.1. The van der Waals surface area contributed by atoms with Crippen molar-refractivity contribution >= 4 is 5.82 Å². The maximum Gasteiger partial charge on any atom is 0.252 e.